The molecule has 86 valence electrons. The summed E-state index contributed by atoms with van der Waals surface area (Å²) in [6.45, 7) is 5.28. The van der Waals surface area contributed by atoms with E-state index in [2.05, 4.69) is 48.9 Å². The van der Waals surface area contributed by atoms with E-state index < -0.39 is 0 Å². The molecule has 0 aliphatic rings. The van der Waals surface area contributed by atoms with E-state index >= 15 is 0 Å². The lowest BCUT2D eigenvalue weighted by molar-refractivity contribution is 0.489. The van der Waals surface area contributed by atoms with Crippen molar-refractivity contribution in [1.29, 1.82) is 0 Å². The number of hydrogen-bond donors (Lipinski definition) is 2. The van der Waals surface area contributed by atoms with Gasteiger partial charge in [-0.25, -0.2) is 4.98 Å². The predicted octanol–water partition coefficient (Wildman–Crippen LogP) is 2.58. The molecule has 0 unspecified atom stereocenters. The fourth-order valence-corrected chi connectivity index (χ4v) is 1.86. The smallest absolute Gasteiger partial charge is 0.181 e. The van der Waals surface area contributed by atoms with Gasteiger partial charge in [-0.15, -0.1) is 0 Å². The molecular weight excluding hydrogens is 220 g/mol. The molecule has 1 aromatic carbocycles. The summed E-state index contributed by atoms with van der Waals surface area (Å²) in [5, 5.41) is 3.25. The molecule has 3 nitrogen and oxygen atoms in total. The Kier molecular flexibility index (Phi) is 3.21. The lowest BCUT2D eigenvalue weighted by Crippen LogP contribution is -2.32. The maximum absolute atomic E-state index is 5.31. The quantitative estimate of drug-likeness (QED) is 0.633. The molecule has 4 heteroatoms. The van der Waals surface area contributed by atoms with E-state index in [4.69, 9.17) is 4.42 Å². The van der Waals surface area contributed by atoms with E-state index in [0.29, 0.717) is 5.88 Å². The summed E-state index contributed by atoms with van der Waals surface area (Å²) in [5.74, 6) is 0.688. The SMILES string of the molecule is CC(C)(CNCS)c1ccc2ncoc2c1. The highest BCUT2D eigenvalue weighted by Gasteiger charge is 2.20. The van der Waals surface area contributed by atoms with Crippen molar-refractivity contribution in [3.63, 3.8) is 0 Å². The minimum Gasteiger partial charge on any atom is -0.443 e. The Bertz CT molecular complexity index is 479. The number of fused-ring (bicyclic) bond motifs is 1. The predicted molar refractivity (Wildman–Crippen MR) is 68.9 cm³/mol. The largest absolute Gasteiger partial charge is 0.443 e. The Balaban J connectivity index is 2.30. The van der Waals surface area contributed by atoms with Gasteiger partial charge in [0.25, 0.3) is 0 Å². The lowest BCUT2D eigenvalue weighted by atomic mass is 9.84. The third kappa shape index (κ3) is 2.23. The maximum atomic E-state index is 5.31. The highest BCUT2D eigenvalue weighted by atomic mass is 32.1. The van der Waals surface area contributed by atoms with Crippen LogP contribution in [0.2, 0.25) is 0 Å². The van der Waals surface area contributed by atoms with Crippen molar-refractivity contribution < 1.29 is 4.42 Å². The summed E-state index contributed by atoms with van der Waals surface area (Å²) < 4.78 is 5.31. The Hall–Kier alpha value is -1.00. The van der Waals surface area contributed by atoms with E-state index in [9.17, 15) is 0 Å². The van der Waals surface area contributed by atoms with E-state index in [1.807, 2.05) is 6.07 Å². The molecule has 1 heterocycles. The second-order valence-electron chi connectivity index (χ2n) is 4.50. The number of benzene rings is 1. The minimum atomic E-state index is 0.0592. The number of thiol groups is 1. The molecule has 2 aromatic rings. The van der Waals surface area contributed by atoms with Gasteiger partial charge in [-0.3, -0.25) is 0 Å². The second kappa shape index (κ2) is 4.47. The lowest BCUT2D eigenvalue weighted by Gasteiger charge is -2.25. The molecule has 1 aromatic heterocycles. The third-order valence-corrected chi connectivity index (χ3v) is 3.02. The number of aromatic nitrogens is 1. The average Bonchev–Trinajstić information content (AvgIpc) is 2.73. The van der Waals surface area contributed by atoms with Crippen LogP contribution >= 0.6 is 12.6 Å². The van der Waals surface area contributed by atoms with E-state index in [-0.39, 0.29) is 5.41 Å². The summed E-state index contributed by atoms with van der Waals surface area (Å²) >= 11 is 4.15. The van der Waals surface area contributed by atoms with Crippen LogP contribution in [0.1, 0.15) is 19.4 Å². The number of rotatable bonds is 4. The molecule has 1 N–H and O–H groups in total. The number of oxazole rings is 1. The Labute approximate surface area is 101 Å². The van der Waals surface area contributed by atoms with Crippen LogP contribution in [-0.2, 0) is 5.41 Å². The topological polar surface area (TPSA) is 38.1 Å². The summed E-state index contributed by atoms with van der Waals surface area (Å²) in [5.41, 5.74) is 3.05. The van der Waals surface area contributed by atoms with Gasteiger partial charge in [0.05, 0.1) is 0 Å². The molecule has 0 fully saturated rings. The monoisotopic (exact) mass is 236 g/mol. The van der Waals surface area contributed by atoms with E-state index in [1.165, 1.54) is 12.0 Å². The molecule has 0 saturated heterocycles. The summed E-state index contributed by atoms with van der Waals surface area (Å²) in [4.78, 5) is 4.11. The van der Waals surface area contributed by atoms with Crippen LogP contribution in [0.3, 0.4) is 0 Å². The van der Waals surface area contributed by atoms with Crippen molar-refractivity contribution in [2.75, 3.05) is 12.4 Å². The first-order valence-electron chi connectivity index (χ1n) is 5.29. The van der Waals surface area contributed by atoms with Crippen molar-refractivity contribution >= 4 is 23.7 Å². The Morgan fingerprint density at radius 3 is 3.00 bits per heavy atom. The van der Waals surface area contributed by atoms with Crippen molar-refractivity contribution in [3.8, 4) is 0 Å². The van der Waals surface area contributed by atoms with Crippen LogP contribution in [-0.4, -0.2) is 17.4 Å². The summed E-state index contributed by atoms with van der Waals surface area (Å²) in [7, 11) is 0. The molecular formula is C12H16N2OS. The maximum Gasteiger partial charge on any atom is 0.181 e. The number of nitrogens with one attached hydrogen (secondary N) is 1. The molecule has 2 rings (SSSR count). The molecule has 0 saturated carbocycles. The molecule has 16 heavy (non-hydrogen) atoms. The van der Waals surface area contributed by atoms with Crippen LogP contribution in [0.25, 0.3) is 11.1 Å². The van der Waals surface area contributed by atoms with Crippen LogP contribution in [0.4, 0.5) is 0 Å². The first-order chi connectivity index (χ1) is 7.63. The Morgan fingerprint density at radius 1 is 1.44 bits per heavy atom. The standard InChI is InChI=1S/C12H16N2OS/c1-12(2,6-13-8-16)9-3-4-10-11(5-9)15-7-14-10/h3-5,7,13,16H,6,8H2,1-2H3. The van der Waals surface area contributed by atoms with E-state index in [0.717, 1.165) is 17.6 Å². The average molecular weight is 236 g/mol. The number of nitrogens with zero attached hydrogens (tertiary/aromatic N) is 1. The van der Waals surface area contributed by atoms with Gasteiger partial charge in [0.15, 0.2) is 12.0 Å². The van der Waals surface area contributed by atoms with E-state index in [1.54, 1.807) is 0 Å². The zero-order chi connectivity index (χ0) is 11.6. The van der Waals surface area contributed by atoms with Crippen molar-refractivity contribution in [2.45, 2.75) is 19.3 Å². The summed E-state index contributed by atoms with van der Waals surface area (Å²) in [6, 6.07) is 6.16. The fourth-order valence-electron chi connectivity index (χ4n) is 1.75. The Morgan fingerprint density at radius 2 is 2.25 bits per heavy atom. The minimum absolute atomic E-state index is 0.0592. The van der Waals surface area contributed by atoms with Crippen LogP contribution in [0.15, 0.2) is 29.0 Å². The molecule has 0 bridgehead atoms. The van der Waals surface area contributed by atoms with Gasteiger partial charge in [-0.1, -0.05) is 19.9 Å². The van der Waals surface area contributed by atoms with Gasteiger partial charge in [0, 0.05) is 17.8 Å². The third-order valence-electron chi connectivity index (χ3n) is 2.79. The second-order valence-corrected chi connectivity index (χ2v) is 4.82. The summed E-state index contributed by atoms with van der Waals surface area (Å²) in [6.07, 6.45) is 1.48. The van der Waals surface area contributed by atoms with Crippen molar-refractivity contribution in [3.05, 3.63) is 30.2 Å². The van der Waals surface area contributed by atoms with Crippen molar-refractivity contribution in [1.82, 2.24) is 10.3 Å². The molecule has 0 spiro atoms. The van der Waals surface area contributed by atoms with Gasteiger partial charge in [-0.2, -0.15) is 12.6 Å². The van der Waals surface area contributed by atoms with Crippen molar-refractivity contribution in [2.24, 2.45) is 0 Å². The highest BCUT2D eigenvalue weighted by molar-refractivity contribution is 7.80. The van der Waals surface area contributed by atoms with Gasteiger partial charge >= 0.3 is 0 Å². The van der Waals surface area contributed by atoms with Gasteiger partial charge in [0.1, 0.15) is 5.52 Å². The zero-order valence-electron chi connectivity index (χ0n) is 9.53. The molecule has 0 aliphatic carbocycles. The fraction of sp³-hybridized carbons (Fsp3) is 0.417. The van der Waals surface area contributed by atoms with Gasteiger partial charge < -0.3 is 9.73 Å². The molecule has 0 aliphatic heterocycles. The van der Waals surface area contributed by atoms with Crippen LogP contribution in [0, 0.1) is 0 Å². The zero-order valence-corrected chi connectivity index (χ0v) is 10.4. The first kappa shape index (κ1) is 11.5. The molecule has 0 radical (unpaired) electrons. The van der Waals surface area contributed by atoms with Gasteiger partial charge in [0.2, 0.25) is 0 Å². The number of hydrogen-bond acceptors (Lipinski definition) is 4. The van der Waals surface area contributed by atoms with Gasteiger partial charge in [-0.05, 0) is 17.7 Å². The highest BCUT2D eigenvalue weighted by Crippen LogP contribution is 2.25. The van der Waals surface area contributed by atoms with Crippen LogP contribution in [0.5, 0.6) is 0 Å². The normalized spacial score (nSPS) is 12.2. The first-order valence-corrected chi connectivity index (χ1v) is 5.92. The molecule has 0 amide bonds. The molecule has 0 atom stereocenters. The van der Waals surface area contributed by atoms with Crippen LogP contribution < -0.4 is 5.32 Å².